The number of carbonyl (C=O) groups is 2. The lowest BCUT2D eigenvalue weighted by molar-refractivity contribution is 0.0925. The van der Waals surface area contributed by atoms with Crippen LogP contribution in [0.15, 0.2) is 28.7 Å². The zero-order valence-electron chi connectivity index (χ0n) is 12.0. The van der Waals surface area contributed by atoms with Crippen LogP contribution in [0.2, 0.25) is 0 Å². The molecule has 0 saturated heterocycles. The van der Waals surface area contributed by atoms with Crippen molar-refractivity contribution in [2.75, 3.05) is 4.90 Å². The Hall–Kier alpha value is -2.62. The summed E-state index contributed by atoms with van der Waals surface area (Å²) in [5.41, 5.74) is 5.54. The van der Waals surface area contributed by atoms with Crippen LogP contribution >= 0.6 is 0 Å². The van der Waals surface area contributed by atoms with Gasteiger partial charge in [-0.2, -0.15) is 0 Å². The summed E-state index contributed by atoms with van der Waals surface area (Å²) < 4.78 is 5.42. The Kier molecular flexibility index (Phi) is 2.15. The summed E-state index contributed by atoms with van der Waals surface area (Å²) in [7, 11) is 0. The molecule has 104 valence electrons. The SMILES string of the molecule is Cc1cc(C)c(N2C(=O)c3c(c4ccc3o4)C2=O)cc1C. The van der Waals surface area contributed by atoms with Crippen molar-refractivity contribution in [1.29, 1.82) is 0 Å². The average molecular weight is 279 g/mol. The highest BCUT2D eigenvalue weighted by molar-refractivity contribution is 6.39. The normalized spacial score (nSPS) is 14.5. The van der Waals surface area contributed by atoms with Crippen molar-refractivity contribution in [3.8, 4) is 0 Å². The van der Waals surface area contributed by atoms with Crippen LogP contribution in [0.4, 0.5) is 5.69 Å². The van der Waals surface area contributed by atoms with Crippen LogP contribution in [-0.4, -0.2) is 11.8 Å². The van der Waals surface area contributed by atoms with E-state index in [-0.39, 0.29) is 11.8 Å². The zero-order chi connectivity index (χ0) is 14.9. The van der Waals surface area contributed by atoms with Crippen molar-refractivity contribution in [3.63, 3.8) is 0 Å². The van der Waals surface area contributed by atoms with Crippen LogP contribution in [0.1, 0.15) is 37.4 Å². The van der Waals surface area contributed by atoms with Crippen molar-refractivity contribution in [2.24, 2.45) is 0 Å². The summed E-state index contributed by atoms with van der Waals surface area (Å²) in [6.45, 7) is 5.90. The third kappa shape index (κ3) is 1.39. The summed E-state index contributed by atoms with van der Waals surface area (Å²) in [5, 5.41) is 0. The topological polar surface area (TPSA) is 50.5 Å². The molecule has 0 atom stereocenters. The molecule has 0 spiro atoms. The van der Waals surface area contributed by atoms with Gasteiger partial charge in [0.2, 0.25) is 0 Å². The van der Waals surface area contributed by atoms with Gasteiger partial charge in [0.25, 0.3) is 11.8 Å². The molecule has 2 aromatic heterocycles. The van der Waals surface area contributed by atoms with Gasteiger partial charge < -0.3 is 4.42 Å². The number of benzene rings is 2. The molecule has 0 aliphatic carbocycles. The van der Waals surface area contributed by atoms with E-state index in [2.05, 4.69) is 0 Å². The number of anilines is 1. The van der Waals surface area contributed by atoms with E-state index < -0.39 is 0 Å². The van der Waals surface area contributed by atoms with E-state index in [0.717, 1.165) is 16.7 Å². The minimum atomic E-state index is -0.296. The number of hydrogen-bond donors (Lipinski definition) is 0. The molecule has 1 aliphatic rings. The van der Waals surface area contributed by atoms with Crippen LogP contribution in [0.3, 0.4) is 0 Å². The third-order valence-electron chi connectivity index (χ3n) is 4.24. The van der Waals surface area contributed by atoms with E-state index in [1.165, 1.54) is 4.90 Å². The van der Waals surface area contributed by atoms with Gasteiger partial charge in [0.1, 0.15) is 11.2 Å². The van der Waals surface area contributed by atoms with Crippen LogP contribution in [0.5, 0.6) is 0 Å². The lowest BCUT2D eigenvalue weighted by Crippen LogP contribution is -2.30. The largest absolute Gasteiger partial charge is 0.456 e. The molecule has 21 heavy (non-hydrogen) atoms. The standard InChI is InChI=1S/C17H13NO3/c1-8-6-10(3)11(7-9(8)2)18-16(19)14-12-4-5-13(21-12)15(14)17(18)20/h4-7H,1-3H3. The van der Waals surface area contributed by atoms with Crippen molar-refractivity contribution in [2.45, 2.75) is 20.8 Å². The van der Waals surface area contributed by atoms with Crippen molar-refractivity contribution in [1.82, 2.24) is 0 Å². The zero-order valence-corrected chi connectivity index (χ0v) is 12.0. The maximum atomic E-state index is 12.6. The Morgan fingerprint density at radius 3 is 1.90 bits per heavy atom. The van der Waals surface area contributed by atoms with Crippen LogP contribution in [-0.2, 0) is 0 Å². The second-order valence-electron chi connectivity index (χ2n) is 5.58. The second-order valence-corrected chi connectivity index (χ2v) is 5.58. The number of fused-ring (bicyclic) bond motifs is 5. The predicted molar refractivity (Wildman–Crippen MR) is 79.2 cm³/mol. The van der Waals surface area contributed by atoms with E-state index in [1.807, 2.05) is 32.9 Å². The number of aryl methyl sites for hydroxylation is 3. The maximum Gasteiger partial charge on any atom is 0.270 e. The number of nitrogens with zero attached hydrogens (tertiary/aromatic N) is 1. The minimum Gasteiger partial charge on any atom is -0.456 e. The van der Waals surface area contributed by atoms with Crippen LogP contribution < -0.4 is 4.90 Å². The summed E-state index contributed by atoms with van der Waals surface area (Å²) in [6, 6.07) is 7.36. The first-order valence-corrected chi connectivity index (χ1v) is 6.80. The molecule has 0 unspecified atom stereocenters. The first-order valence-electron chi connectivity index (χ1n) is 6.80. The quantitative estimate of drug-likeness (QED) is 0.639. The first kappa shape index (κ1) is 12.1. The monoisotopic (exact) mass is 279 g/mol. The Morgan fingerprint density at radius 1 is 0.810 bits per heavy atom. The molecule has 4 rings (SSSR count). The average Bonchev–Trinajstić information content (AvgIpc) is 3.09. The summed E-state index contributed by atoms with van der Waals surface area (Å²) in [4.78, 5) is 26.5. The number of furan rings is 2. The first-order chi connectivity index (χ1) is 9.99. The van der Waals surface area contributed by atoms with Crippen molar-refractivity contribution in [3.05, 3.63) is 52.1 Å². The Bertz CT molecular complexity index is 875. The van der Waals surface area contributed by atoms with E-state index in [9.17, 15) is 9.59 Å². The fourth-order valence-electron chi connectivity index (χ4n) is 3.00. The molecule has 2 amide bonds. The second kappa shape index (κ2) is 3.73. The number of amides is 2. The Balaban J connectivity index is 1.92. The van der Waals surface area contributed by atoms with Gasteiger partial charge in [-0.1, -0.05) is 6.07 Å². The van der Waals surface area contributed by atoms with Crippen molar-refractivity contribution >= 4 is 28.7 Å². The smallest absolute Gasteiger partial charge is 0.270 e. The van der Waals surface area contributed by atoms with Crippen molar-refractivity contribution < 1.29 is 14.0 Å². The fraction of sp³-hybridized carbons (Fsp3) is 0.176. The molecule has 0 fully saturated rings. The van der Waals surface area contributed by atoms with E-state index >= 15 is 0 Å². The minimum absolute atomic E-state index is 0.296. The number of carbonyl (C=O) groups excluding carboxylic acids is 2. The molecule has 4 heteroatoms. The Morgan fingerprint density at radius 2 is 1.33 bits per heavy atom. The third-order valence-corrected chi connectivity index (χ3v) is 4.24. The Labute approximate surface area is 121 Å². The number of hydrogen-bond acceptors (Lipinski definition) is 3. The lowest BCUT2D eigenvalue weighted by atomic mass is 10.0. The van der Waals surface area contributed by atoms with E-state index in [4.69, 9.17) is 4.42 Å². The maximum absolute atomic E-state index is 12.6. The van der Waals surface area contributed by atoms with Gasteiger partial charge in [-0.05, 0) is 55.7 Å². The molecule has 1 aliphatic heterocycles. The van der Waals surface area contributed by atoms with Gasteiger partial charge in [-0.25, -0.2) is 4.90 Å². The van der Waals surface area contributed by atoms with Gasteiger partial charge in [-0.3, -0.25) is 9.59 Å². The highest BCUT2D eigenvalue weighted by Gasteiger charge is 2.42. The van der Waals surface area contributed by atoms with E-state index in [1.54, 1.807) is 12.1 Å². The van der Waals surface area contributed by atoms with Gasteiger partial charge >= 0.3 is 0 Å². The summed E-state index contributed by atoms with van der Waals surface area (Å²) in [5.74, 6) is -0.591. The highest BCUT2D eigenvalue weighted by atomic mass is 16.3. The molecular formula is C17H13NO3. The summed E-state index contributed by atoms with van der Waals surface area (Å²) in [6.07, 6.45) is 0. The summed E-state index contributed by atoms with van der Waals surface area (Å²) >= 11 is 0. The fourth-order valence-corrected chi connectivity index (χ4v) is 3.00. The number of imide groups is 1. The van der Waals surface area contributed by atoms with Gasteiger partial charge in [0, 0.05) is 0 Å². The molecule has 4 nitrogen and oxygen atoms in total. The molecule has 2 bridgehead atoms. The lowest BCUT2D eigenvalue weighted by Gasteiger charge is -2.18. The van der Waals surface area contributed by atoms with Gasteiger partial charge in [-0.15, -0.1) is 0 Å². The molecule has 0 N–H and O–H groups in total. The molecule has 0 saturated carbocycles. The molecule has 3 aromatic rings. The highest BCUT2D eigenvalue weighted by Crippen LogP contribution is 2.39. The molecule has 1 aromatic carbocycles. The molecular weight excluding hydrogens is 266 g/mol. The van der Waals surface area contributed by atoms with Crippen LogP contribution in [0.25, 0.3) is 11.2 Å². The number of rotatable bonds is 1. The molecule has 0 radical (unpaired) electrons. The van der Waals surface area contributed by atoms with Gasteiger partial charge in [0.05, 0.1) is 16.8 Å². The molecule has 3 heterocycles. The van der Waals surface area contributed by atoms with E-state index in [0.29, 0.717) is 28.0 Å². The van der Waals surface area contributed by atoms with Gasteiger partial charge in [0.15, 0.2) is 0 Å². The van der Waals surface area contributed by atoms with Crippen LogP contribution in [0, 0.1) is 20.8 Å². The predicted octanol–water partition coefficient (Wildman–Crippen LogP) is 3.60.